The Morgan fingerprint density at radius 3 is 2.16 bits per heavy atom. The van der Waals surface area contributed by atoms with Gasteiger partial charge in [-0.1, -0.05) is 69.5 Å². The Morgan fingerprint density at radius 2 is 1.45 bits per heavy atom. The van der Waals surface area contributed by atoms with Gasteiger partial charge in [-0.3, -0.25) is 0 Å². The number of hydrogen-bond donors (Lipinski definition) is 0. The minimum Gasteiger partial charge on any atom is -0.492 e. The van der Waals surface area contributed by atoms with Crippen LogP contribution < -0.4 is 9.47 Å². The highest BCUT2D eigenvalue weighted by atomic mass is 16.6. The van der Waals surface area contributed by atoms with E-state index in [0.717, 1.165) is 38.5 Å². The molecular weight excluding hydrogens is 392 g/mol. The van der Waals surface area contributed by atoms with Crippen LogP contribution in [-0.2, 0) is 4.74 Å². The van der Waals surface area contributed by atoms with Gasteiger partial charge in [0.05, 0.1) is 13.2 Å². The smallest absolute Gasteiger partial charge is 0.347 e. The lowest BCUT2D eigenvalue weighted by atomic mass is 10.2. The average Bonchev–Trinajstić information content (AvgIpc) is 2.79. The highest BCUT2D eigenvalue weighted by Crippen LogP contribution is 2.24. The van der Waals surface area contributed by atoms with Crippen LogP contribution in [-0.4, -0.2) is 25.2 Å². The first-order valence-electron chi connectivity index (χ1n) is 11.0. The molecule has 0 saturated carbocycles. The van der Waals surface area contributed by atoms with Crippen LogP contribution in [0, 0.1) is 0 Å². The molecule has 5 nitrogen and oxygen atoms in total. The van der Waals surface area contributed by atoms with Gasteiger partial charge in [-0.15, -0.1) is 0 Å². The van der Waals surface area contributed by atoms with Crippen molar-refractivity contribution < 1.29 is 23.8 Å². The number of ether oxygens (including phenoxy) is 3. The van der Waals surface area contributed by atoms with Crippen LogP contribution in [0.3, 0.4) is 0 Å². The Labute approximate surface area is 185 Å². The van der Waals surface area contributed by atoms with Crippen LogP contribution >= 0.6 is 0 Å². The maximum Gasteiger partial charge on any atom is 0.347 e. The zero-order valence-electron chi connectivity index (χ0n) is 18.5. The highest BCUT2D eigenvalue weighted by molar-refractivity contribution is 5.97. The van der Waals surface area contributed by atoms with Crippen molar-refractivity contribution in [2.24, 2.45) is 0 Å². The van der Waals surface area contributed by atoms with Crippen molar-refractivity contribution in [1.29, 1.82) is 0 Å². The summed E-state index contributed by atoms with van der Waals surface area (Å²) in [5.74, 6) is -0.449. The molecule has 0 N–H and O–H groups in total. The van der Waals surface area contributed by atoms with E-state index in [9.17, 15) is 9.59 Å². The maximum atomic E-state index is 12.8. The first-order chi connectivity index (χ1) is 15.2. The number of carbonyl (C=O) groups is 2. The summed E-state index contributed by atoms with van der Waals surface area (Å²) in [6.07, 6.45) is 9.92. The van der Waals surface area contributed by atoms with Crippen LogP contribution in [0.2, 0.25) is 0 Å². The Balaban J connectivity index is 2.03. The van der Waals surface area contributed by atoms with Gasteiger partial charge in [0.15, 0.2) is 0 Å². The van der Waals surface area contributed by atoms with E-state index in [1.807, 2.05) is 6.08 Å². The minimum atomic E-state index is -0.581. The third kappa shape index (κ3) is 8.28. The predicted molar refractivity (Wildman–Crippen MR) is 122 cm³/mol. The van der Waals surface area contributed by atoms with Gasteiger partial charge in [0.1, 0.15) is 22.6 Å². The lowest BCUT2D eigenvalue weighted by molar-refractivity contribution is 0.0492. The van der Waals surface area contributed by atoms with E-state index >= 15 is 0 Å². The summed E-state index contributed by atoms with van der Waals surface area (Å²) >= 11 is 0. The second-order valence-corrected chi connectivity index (χ2v) is 7.10. The number of hydrogen-bond acceptors (Lipinski definition) is 5. The molecular formula is C26H32O5. The second-order valence-electron chi connectivity index (χ2n) is 7.10. The summed E-state index contributed by atoms with van der Waals surface area (Å²) in [5, 5.41) is 0. The third-order valence-corrected chi connectivity index (χ3v) is 4.59. The van der Waals surface area contributed by atoms with Crippen molar-refractivity contribution in [3.8, 4) is 11.5 Å². The van der Waals surface area contributed by atoms with E-state index in [1.54, 1.807) is 48.5 Å². The lowest BCUT2D eigenvalue weighted by Gasteiger charge is -2.12. The molecule has 0 saturated heterocycles. The molecule has 2 aromatic rings. The molecule has 0 atom stereocenters. The summed E-state index contributed by atoms with van der Waals surface area (Å²) in [6.45, 7) is 5.01. The first-order valence-corrected chi connectivity index (χ1v) is 11.0. The van der Waals surface area contributed by atoms with Gasteiger partial charge in [0.2, 0.25) is 0 Å². The van der Waals surface area contributed by atoms with Gasteiger partial charge < -0.3 is 14.2 Å². The molecule has 0 fully saturated rings. The quantitative estimate of drug-likeness (QED) is 0.162. The van der Waals surface area contributed by atoms with Gasteiger partial charge in [-0.05, 0) is 43.5 Å². The molecule has 0 bridgehead atoms. The van der Waals surface area contributed by atoms with E-state index in [-0.39, 0.29) is 11.3 Å². The number of esters is 2. The molecule has 0 unspecified atom stereocenters. The molecule has 5 heteroatoms. The summed E-state index contributed by atoms with van der Waals surface area (Å²) in [4.78, 5) is 25.3. The Morgan fingerprint density at radius 1 is 0.774 bits per heavy atom. The zero-order chi connectivity index (χ0) is 22.3. The molecule has 0 heterocycles. The van der Waals surface area contributed by atoms with E-state index in [2.05, 4.69) is 19.9 Å². The van der Waals surface area contributed by atoms with Gasteiger partial charge >= 0.3 is 11.9 Å². The van der Waals surface area contributed by atoms with Gasteiger partial charge in [-0.2, -0.15) is 0 Å². The molecule has 2 aromatic carbocycles. The normalized spacial score (nSPS) is 10.8. The summed E-state index contributed by atoms with van der Waals surface area (Å²) in [6, 6.07) is 13.5. The first kappa shape index (κ1) is 24.2. The molecule has 31 heavy (non-hydrogen) atoms. The van der Waals surface area contributed by atoms with Crippen molar-refractivity contribution in [2.45, 2.75) is 52.4 Å². The highest BCUT2D eigenvalue weighted by Gasteiger charge is 2.19. The van der Waals surface area contributed by atoms with Crippen LogP contribution in [0.4, 0.5) is 0 Å². The summed E-state index contributed by atoms with van der Waals surface area (Å²) < 4.78 is 16.7. The fourth-order valence-electron chi connectivity index (χ4n) is 2.93. The number of rotatable bonds is 13. The van der Waals surface area contributed by atoms with E-state index < -0.39 is 11.9 Å². The number of unbranched alkanes of at least 4 members (excludes halogenated alkanes) is 3. The van der Waals surface area contributed by atoms with Gasteiger partial charge in [0.25, 0.3) is 0 Å². The predicted octanol–water partition coefficient (Wildman–Crippen LogP) is 6.38. The van der Waals surface area contributed by atoms with Crippen LogP contribution in [0.5, 0.6) is 11.5 Å². The van der Waals surface area contributed by atoms with E-state index in [0.29, 0.717) is 24.5 Å². The number of benzene rings is 2. The average molecular weight is 425 g/mol. The topological polar surface area (TPSA) is 61.8 Å². The van der Waals surface area contributed by atoms with Crippen molar-refractivity contribution in [2.75, 3.05) is 13.2 Å². The Bertz CT molecular complexity index is 856. The molecule has 0 aromatic heterocycles. The van der Waals surface area contributed by atoms with Crippen molar-refractivity contribution in [3.63, 3.8) is 0 Å². The van der Waals surface area contributed by atoms with Crippen LogP contribution in [0.15, 0.2) is 60.7 Å². The molecule has 0 aliphatic rings. The monoisotopic (exact) mass is 424 g/mol. The van der Waals surface area contributed by atoms with E-state index in [1.165, 1.54) is 0 Å². The molecule has 0 radical (unpaired) electrons. The van der Waals surface area contributed by atoms with Gasteiger partial charge in [-0.25, -0.2) is 9.59 Å². The molecule has 0 aliphatic carbocycles. The molecule has 0 spiro atoms. The standard InChI is InChI=1S/C26H32O5/c1-3-5-7-13-19-29-23-17-11-9-15-21(23)26(28)31-24-18-12-10-16-22(24)25(27)30-20-14-8-6-4-2/h5,7,9-12,15-18H,3-4,6,8,13-14,19-20H2,1-2H3. The Kier molecular flexibility index (Phi) is 10.9. The summed E-state index contributed by atoms with van der Waals surface area (Å²) in [7, 11) is 0. The largest absolute Gasteiger partial charge is 0.492 e. The number of para-hydroxylation sites is 2. The van der Waals surface area contributed by atoms with E-state index in [4.69, 9.17) is 14.2 Å². The fraction of sp³-hybridized carbons (Fsp3) is 0.385. The molecule has 166 valence electrons. The molecule has 2 rings (SSSR count). The zero-order valence-corrected chi connectivity index (χ0v) is 18.5. The van der Waals surface area contributed by atoms with Gasteiger partial charge in [0, 0.05) is 0 Å². The maximum absolute atomic E-state index is 12.8. The van der Waals surface area contributed by atoms with Crippen molar-refractivity contribution >= 4 is 11.9 Å². The van der Waals surface area contributed by atoms with Crippen molar-refractivity contribution in [3.05, 3.63) is 71.8 Å². The summed E-state index contributed by atoms with van der Waals surface area (Å²) in [5.41, 5.74) is 0.541. The van der Waals surface area contributed by atoms with Crippen LogP contribution in [0.25, 0.3) is 0 Å². The number of carbonyl (C=O) groups excluding carboxylic acids is 2. The fourth-order valence-corrected chi connectivity index (χ4v) is 2.93. The molecule has 0 aliphatic heterocycles. The SMILES string of the molecule is CCC=CCCOc1ccccc1C(=O)Oc1ccccc1C(=O)OCCCCCC. The third-order valence-electron chi connectivity index (χ3n) is 4.59. The number of allylic oxidation sites excluding steroid dienone is 1. The molecule has 0 amide bonds. The lowest BCUT2D eigenvalue weighted by Crippen LogP contribution is -2.14. The Hall–Kier alpha value is -3.08. The van der Waals surface area contributed by atoms with Crippen LogP contribution in [0.1, 0.15) is 73.1 Å². The van der Waals surface area contributed by atoms with Crippen molar-refractivity contribution in [1.82, 2.24) is 0 Å². The second kappa shape index (κ2) is 14.0. The minimum absolute atomic E-state index is 0.173.